The highest BCUT2D eigenvalue weighted by Crippen LogP contribution is 2.43. The Balaban J connectivity index is 1.08. The van der Waals surface area contributed by atoms with Gasteiger partial charge in [0.25, 0.3) is 0 Å². The van der Waals surface area contributed by atoms with E-state index in [0.29, 0.717) is 17.5 Å². The van der Waals surface area contributed by atoms with Crippen molar-refractivity contribution in [1.82, 2.24) is 28.7 Å². The molecule has 0 aliphatic heterocycles. The van der Waals surface area contributed by atoms with Crippen molar-refractivity contribution in [3.63, 3.8) is 0 Å². The normalized spacial score (nSPS) is 11.8. The van der Waals surface area contributed by atoms with Crippen molar-refractivity contribution in [1.29, 1.82) is 0 Å². The van der Waals surface area contributed by atoms with Crippen LogP contribution in [0.1, 0.15) is 0 Å². The van der Waals surface area contributed by atoms with Crippen LogP contribution in [0.3, 0.4) is 0 Å². The molecule has 10 aromatic carbocycles. The first-order valence-corrected chi connectivity index (χ1v) is 23.4. The molecular weight excluding hydrogens is 841 g/mol. The predicted octanol–water partition coefficient (Wildman–Crippen LogP) is 15.8. The molecule has 0 radical (unpaired) electrons. The zero-order valence-corrected chi connectivity index (χ0v) is 37.3. The quantitative estimate of drug-likeness (QED) is 0.160. The summed E-state index contributed by atoms with van der Waals surface area (Å²) in [7, 11) is 0. The molecule has 0 saturated heterocycles. The van der Waals surface area contributed by atoms with Crippen LogP contribution in [-0.2, 0) is 0 Å². The molecule has 0 atom stereocenters. The highest BCUT2D eigenvalue weighted by atomic mass is 15.1. The summed E-state index contributed by atoms with van der Waals surface area (Å²) >= 11 is 0. The molecule has 0 unspecified atom stereocenters. The minimum Gasteiger partial charge on any atom is -0.309 e. The van der Waals surface area contributed by atoms with Crippen LogP contribution < -0.4 is 0 Å². The largest absolute Gasteiger partial charge is 0.309 e. The minimum absolute atomic E-state index is 0.586. The van der Waals surface area contributed by atoms with Crippen LogP contribution >= 0.6 is 0 Å². The van der Waals surface area contributed by atoms with Crippen molar-refractivity contribution in [2.75, 3.05) is 0 Å². The van der Waals surface area contributed by atoms with Crippen LogP contribution in [0, 0.1) is 0 Å². The molecule has 69 heavy (non-hydrogen) atoms. The maximum absolute atomic E-state index is 5.40. The van der Waals surface area contributed by atoms with Gasteiger partial charge in [-0.2, -0.15) is 0 Å². The van der Waals surface area contributed by atoms with Gasteiger partial charge in [0.15, 0.2) is 17.5 Å². The minimum atomic E-state index is 0.586. The van der Waals surface area contributed by atoms with Crippen LogP contribution in [0.4, 0.5) is 0 Å². The van der Waals surface area contributed by atoms with Gasteiger partial charge in [0.1, 0.15) is 0 Å². The molecule has 0 spiro atoms. The van der Waals surface area contributed by atoms with Crippen molar-refractivity contribution in [3.05, 3.63) is 243 Å². The van der Waals surface area contributed by atoms with Gasteiger partial charge in [-0.15, -0.1) is 0 Å². The Kier molecular flexibility index (Phi) is 8.79. The molecule has 0 bridgehead atoms. The van der Waals surface area contributed by atoms with Crippen LogP contribution in [0.15, 0.2) is 243 Å². The number of hydrogen-bond donors (Lipinski definition) is 0. The van der Waals surface area contributed by atoms with Crippen molar-refractivity contribution >= 4 is 65.4 Å². The molecule has 6 heteroatoms. The Labute approximate surface area is 397 Å². The van der Waals surface area contributed by atoms with Gasteiger partial charge in [-0.25, -0.2) is 15.0 Å². The van der Waals surface area contributed by atoms with Crippen molar-refractivity contribution in [2.24, 2.45) is 0 Å². The summed E-state index contributed by atoms with van der Waals surface area (Å²) < 4.78 is 7.19. The Morgan fingerprint density at radius 3 is 1.32 bits per heavy atom. The molecule has 0 aliphatic carbocycles. The lowest BCUT2D eigenvalue weighted by Gasteiger charge is -2.17. The maximum Gasteiger partial charge on any atom is 0.166 e. The fraction of sp³-hybridized carbons (Fsp3) is 0. The Hall–Kier alpha value is -9.39. The average Bonchev–Trinajstić information content (AvgIpc) is 4.07. The zero-order valence-electron chi connectivity index (χ0n) is 37.3. The lowest BCUT2D eigenvalue weighted by molar-refractivity contribution is 1.06. The van der Waals surface area contributed by atoms with Gasteiger partial charge in [-0.1, -0.05) is 176 Å². The highest BCUT2D eigenvalue weighted by molar-refractivity contribution is 6.16. The summed E-state index contributed by atoms with van der Waals surface area (Å²) in [6, 6.07) is 86.3. The smallest absolute Gasteiger partial charge is 0.166 e. The van der Waals surface area contributed by atoms with Crippen molar-refractivity contribution < 1.29 is 0 Å². The third-order valence-corrected chi connectivity index (χ3v) is 13.7. The maximum atomic E-state index is 5.40. The van der Waals surface area contributed by atoms with Gasteiger partial charge in [0.2, 0.25) is 0 Å². The summed E-state index contributed by atoms with van der Waals surface area (Å²) in [4.78, 5) is 15.9. The Morgan fingerprint density at radius 2 is 0.710 bits per heavy atom. The molecule has 0 amide bonds. The van der Waals surface area contributed by atoms with E-state index < -0.39 is 0 Å². The molecular formula is C63H40N6. The van der Waals surface area contributed by atoms with Crippen molar-refractivity contribution in [2.45, 2.75) is 0 Å². The van der Waals surface area contributed by atoms with Crippen LogP contribution in [-0.4, -0.2) is 28.7 Å². The van der Waals surface area contributed by atoms with E-state index in [9.17, 15) is 0 Å². The number of rotatable bonds is 7. The third-order valence-electron chi connectivity index (χ3n) is 13.7. The number of fused-ring (bicyclic) bond motifs is 9. The summed E-state index contributed by atoms with van der Waals surface area (Å²) in [5.74, 6) is 1.81. The predicted molar refractivity (Wildman–Crippen MR) is 285 cm³/mol. The monoisotopic (exact) mass is 880 g/mol. The second kappa shape index (κ2) is 15.6. The first-order valence-electron chi connectivity index (χ1n) is 23.4. The number of nitrogens with zero attached hydrogens (tertiary/aromatic N) is 6. The molecule has 6 nitrogen and oxygen atoms in total. The molecule has 14 rings (SSSR count). The molecule has 0 saturated carbocycles. The average molecular weight is 881 g/mol. The number of para-hydroxylation sites is 5. The summed E-state index contributed by atoms with van der Waals surface area (Å²) in [5.41, 5.74) is 14.9. The number of aromatic nitrogens is 6. The van der Waals surface area contributed by atoms with E-state index in [4.69, 9.17) is 15.0 Å². The molecule has 4 heterocycles. The van der Waals surface area contributed by atoms with Gasteiger partial charge >= 0.3 is 0 Å². The first kappa shape index (κ1) is 38.8. The number of benzene rings is 10. The first-order chi connectivity index (χ1) is 34.2. The lowest BCUT2D eigenvalue weighted by Crippen LogP contribution is -2.04. The van der Waals surface area contributed by atoms with E-state index in [-0.39, 0.29) is 0 Å². The Bertz CT molecular complexity index is 4190. The van der Waals surface area contributed by atoms with Gasteiger partial charge in [0.05, 0.1) is 38.8 Å². The fourth-order valence-corrected chi connectivity index (χ4v) is 10.7. The molecule has 4 aromatic heterocycles. The molecule has 0 aliphatic rings. The summed E-state index contributed by atoms with van der Waals surface area (Å²) in [6.45, 7) is 0. The molecule has 0 N–H and O–H groups in total. The second-order valence-corrected chi connectivity index (χ2v) is 17.6. The summed E-state index contributed by atoms with van der Waals surface area (Å²) in [5, 5.41) is 7.16. The van der Waals surface area contributed by atoms with Gasteiger partial charge in [-0.3, -0.25) is 0 Å². The van der Waals surface area contributed by atoms with Crippen molar-refractivity contribution in [3.8, 4) is 62.4 Å². The second-order valence-electron chi connectivity index (χ2n) is 17.6. The third kappa shape index (κ3) is 6.16. The zero-order chi connectivity index (χ0) is 45.4. The number of hydrogen-bond acceptors (Lipinski definition) is 3. The lowest BCUT2D eigenvalue weighted by atomic mass is 9.96. The van der Waals surface area contributed by atoms with E-state index in [0.717, 1.165) is 72.3 Å². The van der Waals surface area contributed by atoms with E-state index in [1.54, 1.807) is 0 Å². The highest BCUT2D eigenvalue weighted by Gasteiger charge is 2.23. The SMILES string of the molecule is c1ccc(-c2nc(-c3ccccc3)nc(-c3cc(-c4cccc5c4c4ccccc4n5-c4ccccc4)ccc3-n3c4ccccc4c4ccc(-n5c6ccccc6c6ccccc65)cc43)n2)cc1. The Morgan fingerprint density at radius 1 is 0.246 bits per heavy atom. The molecule has 0 fully saturated rings. The topological polar surface area (TPSA) is 53.5 Å². The summed E-state index contributed by atoms with van der Waals surface area (Å²) in [6.07, 6.45) is 0. The van der Waals surface area contributed by atoms with E-state index in [1.807, 2.05) is 36.4 Å². The van der Waals surface area contributed by atoms with Crippen LogP contribution in [0.2, 0.25) is 0 Å². The molecule has 14 aromatic rings. The van der Waals surface area contributed by atoms with Crippen LogP contribution in [0.25, 0.3) is 128 Å². The fourth-order valence-electron chi connectivity index (χ4n) is 10.7. The standard InChI is InChI=1S/C63H40N6/c1-4-19-41(20-5-1)61-64-62(42-21-6-2-7-22-42)66-63(65-61)52-39-43(46-29-18-34-58-60(46)51-28-13-17-33-56(51)67(58)44-23-8-3-9-24-44)35-38-57(52)69-55-32-16-12-27-49(55)50-37-36-45(40-59(50)69)68-53-30-14-10-25-47(53)48-26-11-15-31-54(48)68/h1-40H. The van der Waals surface area contributed by atoms with E-state index >= 15 is 0 Å². The van der Waals surface area contributed by atoms with E-state index in [1.165, 1.54) is 38.0 Å². The van der Waals surface area contributed by atoms with Gasteiger partial charge in [-0.05, 0) is 77.9 Å². The van der Waals surface area contributed by atoms with Gasteiger partial charge < -0.3 is 13.7 Å². The van der Waals surface area contributed by atoms with Crippen LogP contribution in [0.5, 0.6) is 0 Å². The van der Waals surface area contributed by atoms with E-state index in [2.05, 4.69) is 220 Å². The van der Waals surface area contributed by atoms with Gasteiger partial charge in [0, 0.05) is 60.4 Å². The molecule has 322 valence electrons.